The molecule has 3 heteroatoms. The lowest BCUT2D eigenvalue weighted by molar-refractivity contribution is 0.362. The molecule has 0 saturated carbocycles. The molecule has 0 radical (unpaired) electrons. The molecule has 1 aromatic rings. The molecule has 1 nitrogen and oxygen atoms in total. The Hall–Kier alpha value is -0.400. The summed E-state index contributed by atoms with van der Waals surface area (Å²) < 4.78 is 0. The Morgan fingerprint density at radius 3 is 2.07 bits per heavy atom. The highest BCUT2D eigenvalue weighted by atomic mass is 35.5. The first-order valence-electron chi connectivity index (χ1n) is 5.05. The number of benzene rings is 1. The molecule has 0 spiro atoms. The van der Waals surface area contributed by atoms with Crippen LogP contribution in [0.2, 0.25) is 0 Å². The maximum absolute atomic E-state index is 9.17. The monoisotopic (exact) mass is 246 g/mol. The molecule has 1 rings (SSSR count). The van der Waals surface area contributed by atoms with E-state index in [4.69, 9.17) is 23.2 Å². The summed E-state index contributed by atoms with van der Waals surface area (Å²) in [5, 5.41) is 9.17. The highest BCUT2D eigenvalue weighted by molar-refractivity contribution is 6.21. The van der Waals surface area contributed by atoms with Crippen LogP contribution in [0.3, 0.4) is 0 Å². The summed E-state index contributed by atoms with van der Waals surface area (Å²) >= 11 is 11.9. The molecule has 15 heavy (non-hydrogen) atoms. The standard InChI is InChI=1S/C12H16Cl2O/c1-2-12(8-13,9-14)7-10-3-5-11(15)6-4-10/h3-6,15H,2,7-9H2,1H3. The molecule has 0 aliphatic heterocycles. The minimum Gasteiger partial charge on any atom is -0.508 e. The molecule has 0 unspecified atom stereocenters. The predicted octanol–water partition coefficient (Wildman–Crippen LogP) is 3.81. The second kappa shape index (κ2) is 5.62. The van der Waals surface area contributed by atoms with Gasteiger partial charge in [-0.05, 0) is 30.5 Å². The maximum Gasteiger partial charge on any atom is 0.115 e. The van der Waals surface area contributed by atoms with E-state index in [1.54, 1.807) is 12.1 Å². The van der Waals surface area contributed by atoms with E-state index in [9.17, 15) is 5.11 Å². The molecular formula is C12H16Cl2O. The average molecular weight is 247 g/mol. The lowest BCUT2D eigenvalue weighted by Gasteiger charge is -2.28. The Morgan fingerprint density at radius 1 is 1.13 bits per heavy atom. The lowest BCUT2D eigenvalue weighted by atomic mass is 9.83. The van der Waals surface area contributed by atoms with Crippen molar-refractivity contribution in [3.05, 3.63) is 29.8 Å². The molecule has 1 N–H and O–H groups in total. The quantitative estimate of drug-likeness (QED) is 0.784. The summed E-state index contributed by atoms with van der Waals surface area (Å²) in [6.45, 7) is 2.10. The largest absolute Gasteiger partial charge is 0.508 e. The van der Waals surface area contributed by atoms with Crippen LogP contribution in [0.4, 0.5) is 0 Å². The first-order valence-corrected chi connectivity index (χ1v) is 6.12. The number of halogens is 2. The van der Waals surface area contributed by atoms with E-state index in [1.165, 1.54) is 0 Å². The van der Waals surface area contributed by atoms with E-state index in [-0.39, 0.29) is 11.2 Å². The first kappa shape index (κ1) is 12.7. The van der Waals surface area contributed by atoms with E-state index in [2.05, 4.69) is 6.92 Å². The summed E-state index contributed by atoms with van der Waals surface area (Å²) in [5.41, 5.74) is 1.14. The third-order valence-corrected chi connectivity index (χ3v) is 3.97. The van der Waals surface area contributed by atoms with Gasteiger partial charge in [-0.1, -0.05) is 19.1 Å². The Balaban J connectivity index is 2.78. The lowest BCUT2D eigenvalue weighted by Crippen LogP contribution is -2.27. The van der Waals surface area contributed by atoms with Gasteiger partial charge in [0, 0.05) is 17.2 Å². The van der Waals surface area contributed by atoms with Crippen molar-refractivity contribution in [2.75, 3.05) is 11.8 Å². The molecular weight excluding hydrogens is 231 g/mol. The summed E-state index contributed by atoms with van der Waals surface area (Å²) in [6, 6.07) is 7.22. The van der Waals surface area contributed by atoms with Crippen LogP contribution in [-0.2, 0) is 6.42 Å². The molecule has 0 saturated heterocycles. The molecule has 0 heterocycles. The summed E-state index contributed by atoms with van der Waals surface area (Å²) in [6.07, 6.45) is 1.82. The predicted molar refractivity (Wildman–Crippen MR) is 66.0 cm³/mol. The maximum atomic E-state index is 9.17. The van der Waals surface area contributed by atoms with Gasteiger partial charge in [-0.3, -0.25) is 0 Å². The van der Waals surface area contributed by atoms with Crippen molar-refractivity contribution in [3.8, 4) is 5.75 Å². The van der Waals surface area contributed by atoms with Gasteiger partial charge in [0.25, 0.3) is 0 Å². The van der Waals surface area contributed by atoms with Gasteiger partial charge in [-0.2, -0.15) is 0 Å². The second-order valence-corrected chi connectivity index (χ2v) is 4.50. The zero-order valence-electron chi connectivity index (χ0n) is 8.84. The van der Waals surface area contributed by atoms with Gasteiger partial charge in [-0.25, -0.2) is 0 Å². The van der Waals surface area contributed by atoms with Crippen LogP contribution in [0, 0.1) is 5.41 Å². The van der Waals surface area contributed by atoms with Crippen LogP contribution < -0.4 is 0 Å². The second-order valence-electron chi connectivity index (χ2n) is 3.96. The molecule has 84 valence electrons. The van der Waals surface area contributed by atoms with E-state index in [0.29, 0.717) is 11.8 Å². The fourth-order valence-corrected chi connectivity index (χ4v) is 2.34. The van der Waals surface area contributed by atoms with Crippen molar-refractivity contribution >= 4 is 23.2 Å². The van der Waals surface area contributed by atoms with Crippen molar-refractivity contribution in [2.24, 2.45) is 5.41 Å². The zero-order chi connectivity index (χ0) is 11.3. The van der Waals surface area contributed by atoms with Crippen LogP contribution in [0.25, 0.3) is 0 Å². The molecule has 0 aromatic heterocycles. The van der Waals surface area contributed by atoms with Crippen LogP contribution >= 0.6 is 23.2 Å². The fourth-order valence-electron chi connectivity index (χ4n) is 1.49. The van der Waals surface area contributed by atoms with Crippen LogP contribution in [0.5, 0.6) is 5.75 Å². The highest BCUT2D eigenvalue weighted by Crippen LogP contribution is 2.30. The first-order chi connectivity index (χ1) is 7.15. The average Bonchev–Trinajstić information content (AvgIpc) is 2.29. The molecule has 0 aliphatic carbocycles. The smallest absolute Gasteiger partial charge is 0.115 e. The number of aromatic hydroxyl groups is 1. The highest BCUT2D eigenvalue weighted by Gasteiger charge is 2.26. The van der Waals surface area contributed by atoms with Crippen LogP contribution in [-0.4, -0.2) is 16.9 Å². The van der Waals surface area contributed by atoms with E-state index >= 15 is 0 Å². The van der Waals surface area contributed by atoms with Crippen molar-refractivity contribution < 1.29 is 5.11 Å². The van der Waals surface area contributed by atoms with E-state index < -0.39 is 0 Å². The molecule has 0 fully saturated rings. The van der Waals surface area contributed by atoms with Gasteiger partial charge < -0.3 is 5.11 Å². The molecule has 0 amide bonds. The van der Waals surface area contributed by atoms with Crippen molar-refractivity contribution in [3.63, 3.8) is 0 Å². The van der Waals surface area contributed by atoms with Gasteiger partial charge in [0.15, 0.2) is 0 Å². The summed E-state index contributed by atoms with van der Waals surface area (Å²) in [5.74, 6) is 1.42. The van der Waals surface area contributed by atoms with Gasteiger partial charge in [-0.15, -0.1) is 23.2 Å². The van der Waals surface area contributed by atoms with Crippen LogP contribution in [0.1, 0.15) is 18.9 Å². The number of rotatable bonds is 5. The summed E-state index contributed by atoms with van der Waals surface area (Å²) in [4.78, 5) is 0. The third-order valence-electron chi connectivity index (χ3n) is 2.83. The van der Waals surface area contributed by atoms with Gasteiger partial charge in [0.05, 0.1) is 0 Å². The Morgan fingerprint density at radius 2 is 1.67 bits per heavy atom. The SMILES string of the molecule is CCC(CCl)(CCl)Cc1ccc(O)cc1. The minimum atomic E-state index is -0.0277. The Kier molecular flexibility index (Phi) is 4.75. The minimum absolute atomic E-state index is 0.0277. The Bertz CT molecular complexity index is 283. The number of phenols is 1. The van der Waals surface area contributed by atoms with Crippen molar-refractivity contribution in [2.45, 2.75) is 19.8 Å². The van der Waals surface area contributed by atoms with Crippen molar-refractivity contribution in [1.82, 2.24) is 0 Å². The fraction of sp³-hybridized carbons (Fsp3) is 0.500. The number of phenolic OH excluding ortho intramolecular Hbond substituents is 1. The third kappa shape index (κ3) is 3.29. The normalized spacial score (nSPS) is 11.7. The van der Waals surface area contributed by atoms with E-state index in [0.717, 1.165) is 18.4 Å². The van der Waals surface area contributed by atoms with E-state index in [1.807, 2.05) is 12.1 Å². The molecule has 0 aliphatic rings. The molecule has 0 bridgehead atoms. The van der Waals surface area contributed by atoms with Gasteiger partial charge >= 0.3 is 0 Å². The number of alkyl halides is 2. The topological polar surface area (TPSA) is 20.2 Å². The zero-order valence-corrected chi connectivity index (χ0v) is 10.4. The summed E-state index contributed by atoms with van der Waals surface area (Å²) in [7, 11) is 0. The van der Waals surface area contributed by atoms with Crippen LogP contribution in [0.15, 0.2) is 24.3 Å². The number of hydrogen-bond donors (Lipinski definition) is 1. The van der Waals surface area contributed by atoms with Gasteiger partial charge in [0.1, 0.15) is 5.75 Å². The molecule has 0 atom stereocenters. The van der Waals surface area contributed by atoms with Gasteiger partial charge in [0.2, 0.25) is 0 Å². The van der Waals surface area contributed by atoms with Crippen molar-refractivity contribution in [1.29, 1.82) is 0 Å². The molecule has 1 aromatic carbocycles. The Labute approximate surface area is 101 Å². The number of hydrogen-bond acceptors (Lipinski definition) is 1.